The summed E-state index contributed by atoms with van der Waals surface area (Å²) in [7, 11) is 0. The summed E-state index contributed by atoms with van der Waals surface area (Å²) in [5.41, 5.74) is 2.46. The Balaban J connectivity index is 2.42. The number of terminal acetylenes is 1. The molecule has 0 aromatic heterocycles. The second kappa shape index (κ2) is 5.45. The molecule has 3 nitrogen and oxygen atoms in total. The van der Waals surface area contributed by atoms with Crippen LogP contribution in [0.25, 0.3) is 0 Å². The summed E-state index contributed by atoms with van der Waals surface area (Å²) in [6.07, 6.45) is 5.31. The molecular weight excluding hydrogens is 257 g/mol. The molecule has 0 radical (unpaired) electrons. The summed E-state index contributed by atoms with van der Waals surface area (Å²) in [5, 5.41) is 12.0. The van der Waals surface area contributed by atoms with Gasteiger partial charge in [-0.2, -0.15) is 0 Å². The van der Waals surface area contributed by atoms with Crippen LogP contribution in [0.5, 0.6) is 0 Å². The lowest BCUT2D eigenvalue weighted by Gasteiger charge is -2.12. The van der Waals surface area contributed by atoms with Crippen molar-refractivity contribution >= 4 is 17.3 Å². The quantitative estimate of drug-likeness (QED) is 0.838. The Morgan fingerprint density at radius 2 is 2.00 bits per heavy atom. The Bertz CT molecular complexity index is 717. The molecule has 0 atom stereocenters. The van der Waals surface area contributed by atoms with Crippen molar-refractivity contribution in [3.05, 3.63) is 58.9 Å². The lowest BCUT2D eigenvalue weighted by Crippen LogP contribution is -2.04. The smallest absolute Gasteiger partial charge is 0.337 e. The molecule has 0 unspecified atom stereocenters. The van der Waals surface area contributed by atoms with Crippen LogP contribution in [-0.4, -0.2) is 11.1 Å². The van der Waals surface area contributed by atoms with Crippen LogP contribution in [0, 0.1) is 25.1 Å². The number of rotatable bonds is 3. The fourth-order valence-electron chi connectivity index (χ4n) is 1.85. The van der Waals surface area contributed by atoms with Crippen LogP contribution in [-0.2, 0) is 0 Å². The van der Waals surface area contributed by atoms with Crippen molar-refractivity contribution in [1.29, 1.82) is 0 Å². The van der Waals surface area contributed by atoms with E-state index in [2.05, 4.69) is 11.2 Å². The predicted molar refractivity (Wildman–Crippen MR) is 75.8 cm³/mol. The van der Waals surface area contributed by atoms with Gasteiger partial charge in [-0.25, -0.2) is 9.18 Å². The van der Waals surface area contributed by atoms with Crippen LogP contribution in [0.15, 0.2) is 36.4 Å². The summed E-state index contributed by atoms with van der Waals surface area (Å²) in [5.74, 6) is 0.891. The van der Waals surface area contributed by atoms with Crippen molar-refractivity contribution in [3.63, 3.8) is 0 Å². The van der Waals surface area contributed by atoms with Crippen LogP contribution < -0.4 is 5.32 Å². The summed E-state index contributed by atoms with van der Waals surface area (Å²) in [6, 6.07) is 8.75. The number of benzene rings is 2. The molecule has 0 amide bonds. The normalized spacial score (nSPS) is 9.85. The van der Waals surface area contributed by atoms with E-state index < -0.39 is 11.8 Å². The van der Waals surface area contributed by atoms with Gasteiger partial charge in [-0.1, -0.05) is 5.92 Å². The first kappa shape index (κ1) is 13.6. The predicted octanol–water partition coefficient (Wildman–Crippen LogP) is 3.56. The zero-order valence-corrected chi connectivity index (χ0v) is 10.8. The van der Waals surface area contributed by atoms with Gasteiger partial charge < -0.3 is 10.4 Å². The molecule has 2 aromatic carbocycles. The van der Waals surface area contributed by atoms with Crippen LogP contribution in [0.2, 0.25) is 0 Å². The van der Waals surface area contributed by atoms with E-state index in [0.717, 1.165) is 23.3 Å². The molecule has 20 heavy (non-hydrogen) atoms. The van der Waals surface area contributed by atoms with E-state index in [1.807, 2.05) is 6.92 Å². The third-order valence-electron chi connectivity index (χ3n) is 2.87. The van der Waals surface area contributed by atoms with Crippen molar-refractivity contribution < 1.29 is 14.3 Å². The van der Waals surface area contributed by atoms with Gasteiger partial charge in [0, 0.05) is 11.3 Å². The summed E-state index contributed by atoms with van der Waals surface area (Å²) in [6.45, 7) is 1.84. The van der Waals surface area contributed by atoms with E-state index in [-0.39, 0.29) is 11.3 Å². The minimum Gasteiger partial charge on any atom is -0.478 e. The van der Waals surface area contributed by atoms with Gasteiger partial charge in [0.15, 0.2) is 0 Å². The highest BCUT2D eigenvalue weighted by molar-refractivity contribution is 5.95. The Hall–Kier alpha value is -2.80. The second-order valence-electron chi connectivity index (χ2n) is 4.29. The molecule has 0 fully saturated rings. The average molecular weight is 269 g/mol. The van der Waals surface area contributed by atoms with Gasteiger partial charge in [0.2, 0.25) is 0 Å². The van der Waals surface area contributed by atoms with E-state index >= 15 is 0 Å². The number of carbonyl (C=O) groups is 1. The number of halogens is 1. The molecule has 0 heterocycles. The van der Waals surface area contributed by atoms with Crippen LogP contribution in [0.1, 0.15) is 21.5 Å². The molecule has 2 N–H and O–H groups in total. The van der Waals surface area contributed by atoms with Crippen molar-refractivity contribution in [2.45, 2.75) is 6.92 Å². The Morgan fingerprint density at radius 1 is 1.25 bits per heavy atom. The fourth-order valence-corrected chi connectivity index (χ4v) is 1.85. The standard InChI is InChI=1S/C16H12FNO2/c1-3-11-4-7-14(10(2)8-11)18-15-9-12(17)5-6-13(15)16(19)20/h1,4-9,18H,2H3,(H,19,20). The third-order valence-corrected chi connectivity index (χ3v) is 2.87. The lowest BCUT2D eigenvalue weighted by molar-refractivity contribution is 0.0698. The number of carboxylic acid groups (broad SMARTS) is 1. The minimum absolute atomic E-state index is 0.00632. The Labute approximate surface area is 116 Å². The lowest BCUT2D eigenvalue weighted by atomic mass is 10.1. The van der Waals surface area contributed by atoms with Crippen molar-refractivity contribution in [1.82, 2.24) is 0 Å². The topological polar surface area (TPSA) is 49.3 Å². The Kier molecular flexibility index (Phi) is 3.72. The summed E-state index contributed by atoms with van der Waals surface area (Å²) < 4.78 is 13.3. The van der Waals surface area contributed by atoms with Gasteiger partial charge in [-0.15, -0.1) is 6.42 Å². The molecule has 0 saturated heterocycles. The van der Waals surface area contributed by atoms with Gasteiger partial charge >= 0.3 is 5.97 Å². The largest absolute Gasteiger partial charge is 0.478 e. The SMILES string of the molecule is C#Cc1ccc(Nc2cc(F)ccc2C(=O)O)c(C)c1. The first-order valence-electron chi connectivity index (χ1n) is 5.88. The van der Waals surface area contributed by atoms with Crippen molar-refractivity contribution in [2.75, 3.05) is 5.32 Å². The second-order valence-corrected chi connectivity index (χ2v) is 4.29. The van der Waals surface area contributed by atoms with E-state index in [0.29, 0.717) is 5.69 Å². The molecule has 0 spiro atoms. The highest BCUT2D eigenvalue weighted by atomic mass is 19.1. The van der Waals surface area contributed by atoms with E-state index in [9.17, 15) is 9.18 Å². The zero-order chi connectivity index (χ0) is 14.7. The van der Waals surface area contributed by atoms with Gasteiger partial charge in [0.1, 0.15) is 5.82 Å². The molecule has 0 bridgehead atoms. The highest BCUT2D eigenvalue weighted by Crippen LogP contribution is 2.25. The Morgan fingerprint density at radius 3 is 2.60 bits per heavy atom. The van der Waals surface area contributed by atoms with Crippen LogP contribution >= 0.6 is 0 Å². The molecular formula is C16H12FNO2. The van der Waals surface area contributed by atoms with Gasteiger partial charge in [0.05, 0.1) is 11.3 Å². The number of anilines is 2. The van der Waals surface area contributed by atoms with E-state index in [1.165, 1.54) is 6.07 Å². The summed E-state index contributed by atoms with van der Waals surface area (Å²) in [4.78, 5) is 11.1. The first-order valence-corrected chi connectivity index (χ1v) is 5.88. The molecule has 4 heteroatoms. The molecule has 0 aliphatic carbocycles. The maximum Gasteiger partial charge on any atom is 0.337 e. The zero-order valence-electron chi connectivity index (χ0n) is 10.8. The number of aromatic carboxylic acids is 1. The molecule has 0 saturated carbocycles. The van der Waals surface area contributed by atoms with E-state index in [4.69, 9.17) is 11.5 Å². The minimum atomic E-state index is -1.12. The number of aryl methyl sites for hydroxylation is 1. The molecule has 2 rings (SSSR count). The van der Waals surface area contributed by atoms with Gasteiger partial charge in [-0.3, -0.25) is 0 Å². The number of nitrogens with one attached hydrogen (secondary N) is 1. The maximum atomic E-state index is 13.3. The maximum absolute atomic E-state index is 13.3. The molecule has 0 aliphatic heterocycles. The average Bonchev–Trinajstić information content (AvgIpc) is 2.40. The summed E-state index contributed by atoms with van der Waals surface area (Å²) >= 11 is 0. The van der Waals surface area contributed by atoms with Crippen molar-refractivity contribution in [3.8, 4) is 12.3 Å². The van der Waals surface area contributed by atoms with E-state index in [1.54, 1.807) is 18.2 Å². The van der Waals surface area contributed by atoms with Crippen molar-refractivity contribution in [2.24, 2.45) is 0 Å². The number of carboxylic acids is 1. The number of hydrogen-bond donors (Lipinski definition) is 2. The molecule has 100 valence electrons. The monoisotopic (exact) mass is 269 g/mol. The van der Waals surface area contributed by atoms with Gasteiger partial charge in [0.25, 0.3) is 0 Å². The van der Waals surface area contributed by atoms with Gasteiger partial charge in [-0.05, 0) is 48.9 Å². The molecule has 2 aromatic rings. The number of hydrogen-bond acceptors (Lipinski definition) is 2. The first-order chi connectivity index (χ1) is 9.51. The molecule has 0 aliphatic rings. The van der Waals surface area contributed by atoms with Crippen LogP contribution in [0.3, 0.4) is 0 Å². The fraction of sp³-hybridized carbons (Fsp3) is 0.0625. The third kappa shape index (κ3) is 2.78. The highest BCUT2D eigenvalue weighted by Gasteiger charge is 2.12. The van der Waals surface area contributed by atoms with Crippen LogP contribution in [0.4, 0.5) is 15.8 Å².